The molecule has 4 aromatic rings. The average Bonchev–Trinajstić information content (AvgIpc) is 3.15. The van der Waals surface area contributed by atoms with Crippen molar-refractivity contribution in [3.63, 3.8) is 0 Å². The molecule has 0 bridgehead atoms. The van der Waals surface area contributed by atoms with Gasteiger partial charge < -0.3 is 9.57 Å². The second-order valence-corrected chi connectivity index (χ2v) is 7.38. The van der Waals surface area contributed by atoms with Crippen molar-refractivity contribution in [1.82, 2.24) is 9.71 Å². The first-order valence-corrected chi connectivity index (χ1v) is 10.2. The number of carbonyl (C=O) groups excluding carboxylic acids is 1. The summed E-state index contributed by atoms with van der Waals surface area (Å²) in [5, 5.41) is 3.11. The van der Waals surface area contributed by atoms with Crippen LogP contribution in [0.3, 0.4) is 0 Å². The number of benzene rings is 2. The third-order valence-electron chi connectivity index (χ3n) is 4.26. The maximum Gasteiger partial charge on any atom is 0.295 e. The fourth-order valence-corrected chi connectivity index (χ4v) is 3.74. The Balaban J connectivity index is 1.50. The number of anilines is 1. The summed E-state index contributed by atoms with van der Waals surface area (Å²) in [5.41, 5.74) is 1.10. The van der Waals surface area contributed by atoms with E-state index in [9.17, 15) is 9.59 Å². The fourth-order valence-electron chi connectivity index (χ4n) is 2.85. The average molecular weight is 421 g/mol. The van der Waals surface area contributed by atoms with Crippen LogP contribution < -0.4 is 20.5 Å². The monoisotopic (exact) mass is 421 g/mol. The minimum absolute atomic E-state index is 0.0279. The predicted octanol–water partition coefficient (Wildman–Crippen LogP) is 3.74. The fraction of sp³-hybridized carbons (Fsp3) is 0.136. The maximum absolute atomic E-state index is 12.7. The molecule has 0 saturated heterocycles. The van der Waals surface area contributed by atoms with Crippen LogP contribution in [-0.4, -0.2) is 22.2 Å². The highest BCUT2D eigenvalue weighted by Gasteiger charge is 2.15. The normalized spacial score (nSPS) is 10.7. The molecule has 0 unspecified atom stereocenters. The molecular weight excluding hydrogens is 402 g/mol. The Morgan fingerprint density at radius 1 is 1.13 bits per heavy atom. The standard InChI is InChI=1S/C22H19N3O4S/c1-2-28-16-10-11-18-19(13-16)30-22(23-18)24-20(26)17-9-6-12-25(21(17)27)29-14-15-7-4-3-5-8-15/h3-13H,2,14H2,1H3,(H,23,24,26). The lowest BCUT2D eigenvalue weighted by Crippen LogP contribution is -2.32. The number of hydrogen-bond donors (Lipinski definition) is 1. The number of carbonyl (C=O) groups is 1. The summed E-state index contributed by atoms with van der Waals surface area (Å²) in [5.74, 6) is 0.204. The predicted molar refractivity (Wildman–Crippen MR) is 116 cm³/mol. The van der Waals surface area contributed by atoms with E-state index < -0.39 is 11.5 Å². The quantitative estimate of drug-likeness (QED) is 0.492. The molecule has 0 spiro atoms. The Morgan fingerprint density at radius 3 is 2.77 bits per heavy atom. The Labute approximate surface area is 176 Å². The number of aromatic nitrogens is 2. The zero-order chi connectivity index (χ0) is 20.9. The summed E-state index contributed by atoms with van der Waals surface area (Å²) in [4.78, 5) is 35.3. The van der Waals surface area contributed by atoms with E-state index in [2.05, 4.69) is 10.3 Å². The van der Waals surface area contributed by atoms with E-state index in [1.165, 1.54) is 23.6 Å². The smallest absolute Gasteiger partial charge is 0.295 e. The topological polar surface area (TPSA) is 82.4 Å². The van der Waals surface area contributed by atoms with Gasteiger partial charge in [0.2, 0.25) is 0 Å². The molecule has 2 aromatic heterocycles. The molecule has 152 valence electrons. The molecular formula is C22H19N3O4S. The van der Waals surface area contributed by atoms with Gasteiger partial charge in [-0.15, -0.1) is 0 Å². The maximum atomic E-state index is 12.7. The van der Waals surface area contributed by atoms with Crippen LogP contribution >= 0.6 is 11.3 Å². The van der Waals surface area contributed by atoms with Crippen LogP contribution in [0, 0.1) is 0 Å². The first-order chi connectivity index (χ1) is 14.6. The summed E-state index contributed by atoms with van der Waals surface area (Å²) < 4.78 is 7.44. The van der Waals surface area contributed by atoms with E-state index in [4.69, 9.17) is 9.57 Å². The van der Waals surface area contributed by atoms with Crippen molar-refractivity contribution in [2.75, 3.05) is 11.9 Å². The van der Waals surface area contributed by atoms with E-state index in [1.807, 2.05) is 55.5 Å². The van der Waals surface area contributed by atoms with Gasteiger partial charge in [0, 0.05) is 6.20 Å². The number of amides is 1. The molecule has 0 radical (unpaired) electrons. The Bertz CT molecular complexity index is 1230. The van der Waals surface area contributed by atoms with Gasteiger partial charge in [0.25, 0.3) is 11.5 Å². The molecule has 0 fully saturated rings. The molecule has 2 aromatic carbocycles. The van der Waals surface area contributed by atoms with Gasteiger partial charge in [-0.25, -0.2) is 4.98 Å². The van der Waals surface area contributed by atoms with Crippen molar-refractivity contribution in [1.29, 1.82) is 0 Å². The van der Waals surface area contributed by atoms with Gasteiger partial charge in [-0.2, -0.15) is 4.73 Å². The van der Waals surface area contributed by atoms with Crippen LogP contribution in [0.25, 0.3) is 10.2 Å². The van der Waals surface area contributed by atoms with Crippen molar-refractivity contribution in [3.05, 3.63) is 88.3 Å². The summed E-state index contributed by atoms with van der Waals surface area (Å²) >= 11 is 1.31. The van der Waals surface area contributed by atoms with Crippen LogP contribution in [0.2, 0.25) is 0 Å². The number of ether oxygens (including phenoxy) is 1. The summed E-state index contributed by atoms with van der Waals surface area (Å²) in [6.07, 6.45) is 1.48. The lowest BCUT2D eigenvalue weighted by atomic mass is 10.2. The zero-order valence-electron chi connectivity index (χ0n) is 16.2. The number of rotatable bonds is 7. The second-order valence-electron chi connectivity index (χ2n) is 6.35. The van der Waals surface area contributed by atoms with Crippen molar-refractivity contribution < 1.29 is 14.4 Å². The molecule has 1 N–H and O–H groups in total. The number of hydrogen-bond acceptors (Lipinski definition) is 6. The minimum atomic E-state index is -0.540. The molecule has 0 saturated carbocycles. The summed E-state index contributed by atoms with van der Waals surface area (Å²) in [6.45, 7) is 2.70. The van der Waals surface area contributed by atoms with Crippen molar-refractivity contribution in [2.24, 2.45) is 0 Å². The van der Waals surface area contributed by atoms with Gasteiger partial charge in [0.15, 0.2) is 5.13 Å². The number of fused-ring (bicyclic) bond motifs is 1. The minimum Gasteiger partial charge on any atom is -0.494 e. The summed E-state index contributed by atoms with van der Waals surface area (Å²) in [7, 11) is 0. The first kappa shape index (κ1) is 19.7. The van der Waals surface area contributed by atoms with Crippen LogP contribution in [0.1, 0.15) is 22.8 Å². The van der Waals surface area contributed by atoms with Crippen LogP contribution in [-0.2, 0) is 6.61 Å². The van der Waals surface area contributed by atoms with Gasteiger partial charge in [0.05, 0.1) is 16.8 Å². The van der Waals surface area contributed by atoms with Crippen molar-refractivity contribution >= 4 is 32.6 Å². The van der Waals surface area contributed by atoms with Crippen LogP contribution in [0.15, 0.2) is 71.7 Å². The van der Waals surface area contributed by atoms with E-state index >= 15 is 0 Å². The zero-order valence-corrected chi connectivity index (χ0v) is 17.0. The van der Waals surface area contributed by atoms with Crippen molar-refractivity contribution in [3.8, 4) is 5.75 Å². The van der Waals surface area contributed by atoms with Crippen LogP contribution in [0.5, 0.6) is 5.75 Å². The van der Waals surface area contributed by atoms with Gasteiger partial charge in [-0.1, -0.05) is 41.7 Å². The molecule has 1 amide bonds. The molecule has 30 heavy (non-hydrogen) atoms. The Hall–Kier alpha value is -3.65. The third kappa shape index (κ3) is 4.33. The van der Waals surface area contributed by atoms with Gasteiger partial charge >= 0.3 is 0 Å². The largest absolute Gasteiger partial charge is 0.494 e. The highest BCUT2D eigenvalue weighted by atomic mass is 32.1. The Morgan fingerprint density at radius 2 is 1.97 bits per heavy atom. The number of pyridine rings is 1. The lowest BCUT2D eigenvalue weighted by Gasteiger charge is -2.09. The first-order valence-electron chi connectivity index (χ1n) is 9.37. The molecule has 8 heteroatoms. The van der Waals surface area contributed by atoms with Gasteiger partial charge in [-0.3, -0.25) is 14.9 Å². The number of thiazole rings is 1. The molecule has 2 heterocycles. The highest BCUT2D eigenvalue weighted by Crippen LogP contribution is 2.29. The second kappa shape index (κ2) is 8.79. The molecule has 0 aliphatic heterocycles. The molecule has 0 atom stereocenters. The molecule has 4 rings (SSSR count). The van der Waals surface area contributed by atoms with Crippen LogP contribution in [0.4, 0.5) is 5.13 Å². The molecule has 0 aliphatic carbocycles. The van der Waals surface area contributed by atoms with E-state index in [-0.39, 0.29) is 12.2 Å². The summed E-state index contributed by atoms with van der Waals surface area (Å²) in [6, 6.07) is 18.1. The SMILES string of the molecule is CCOc1ccc2nc(NC(=O)c3cccn(OCc4ccccc4)c3=O)sc2c1. The van der Waals surface area contributed by atoms with E-state index in [0.29, 0.717) is 11.7 Å². The van der Waals surface area contributed by atoms with Crippen molar-refractivity contribution in [2.45, 2.75) is 13.5 Å². The number of nitrogens with one attached hydrogen (secondary N) is 1. The highest BCUT2D eigenvalue weighted by molar-refractivity contribution is 7.22. The third-order valence-corrected chi connectivity index (χ3v) is 5.20. The lowest BCUT2D eigenvalue weighted by molar-refractivity contribution is 0.0863. The van der Waals surface area contributed by atoms with Gasteiger partial charge in [-0.05, 0) is 42.8 Å². The van der Waals surface area contributed by atoms with E-state index in [1.54, 1.807) is 6.07 Å². The molecule has 7 nitrogen and oxygen atoms in total. The number of nitrogens with zero attached hydrogens (tertiary/aromatic N) is 2. The Kier molecular flexibility index (Phi) is 5.76. The molecule has 0 aliphatic rings. The van der Waals surface area contributed by atoms with E-state index in [0.717, 1.165) is 26.3 Å². The van der Waals surface area contributed by atoms with Gasteiger partial charge in [0.1, 0.15) is 17.9 Å².